The molecule has 2 rings (SSSR count). The zero-order valence-corrected chi connectivity index (χ0v) is 15.8. The molecule has 0 saturated carbocycles. The third-order valence-electron chi connectivity index (χ3n) is 3.84. The number of hydrogen-bond acceptors (Lipinski definition) is 4. The van der Waals surface area contributed by atoms with E-state index < -0.39 is 0 Å². The van der Waals surface area contributed by atoms with Gasteiger partial charge >= 0.3 is 0 Å². The molecule has 0 bridgehead atoms. The zero-order valence-electron chi connectivity index (χ0n) is 15.8. The van der Waals surface area contributed by atoms with E-state index >= 15 is 0 Å². The summed E-state index contributed by atoms with van der Waals surface area (Å²) in [7, 11) is 5.07. The average Bonchev–Trinajstić information content (AvgIpc) is 2.68. The van der Waals surface area contributed by atoms with Crippen LogP contribution >= 0.6 is 0 Å². The van der Waals surface area contributed by atoms with Crippen LogP contribution in [0.25, 0.3) is 0 Å². The lowest BCUT2D eigenvalue weighted by Crippen LogP contribution is -2.38. The fourth-order valence-corrected chi connectivity index (χ4v) is 2.41. The van der Waals surface area contributed by atoms with Gasteiger partial charge in [0.2, 0.25) is 0 Å². The van der Waals surface area contributed by atoms with Crippen LogP contribution in [0.5, 0.6) is 17.2 Å². The lowest BCUT2D eigenvalue weighted by Gasteiger charge is -2.14. The molecule has 2 aromatic rings. The fourth-order valence-electron chi connectivity index (χ4n) is 2.41. The van der Waals surface area contributed by atoms with Crippen molar-refractivity contribution in [2.75, 3.05) is 34.4 Å². The second kappa shape index (κ2) is 10.2. The Kier molecular flexibility index (Phi) is 7.61. The molecule has 6 nitrogen and oxygen atoms in total. The van der Waals surface area contributed by atoms with Crippen molar-refractivity contribution in [1.29, 1.82) is 0 Å². The highest BCUT2D eigenvalue weighted by Gasteiger charge is 2.04. The average molecular weight is 357 g/mol. The topological polar surface area (TPSA) is 64.1 Å². The minimum atomic E-state index is 0.529. The molecule has 0 aliphatic heterocycles. The summed E-state index contributed by atoms with van der Waals surface area (Å²) in [6.07, 6.45) is 0. The standard InChI is InChI=1S/C20H27N3O3/c1-15-5-6-16(19(13-15)25-4)14-23-20(21-2)22-11-12-26-18-9-7-17(24-3)8-10-18/h5-10,13H,11-12,14H2,1-4H3,(H2,21,22,23). The second-order valence-electron chi connectivity index (χ2n) is 5.69. The molecule has 0 saturated heterocycles. The molecule has 0 atom stereocenters. The van der Waals surface area contributed by atoms with Crippen molar-refractivity contribution < 1.29 is 14.2 Å². The minimum Gasteiger partial charge on any atom is -0.497 e. The van der Waals surface area contributed by atoms with Crippen molar-refractivity contribution in [2.24, 2.45) is 4.99 Å². The first-order chi connectivity index (χ1) is 12.7. The Bertz CT molecular complexity index is 715. The molecule has 0 heterocycles. The van der Waals surface area contributed by atoms with Gasteiger partial charge in [-0.1, -0.05) is 12.1 Å². The van der Waals surface area contributed by atoms with Gasteiger partial charge in [0.1, 0.15) is 23.9 Å². The largest absolute Gasteiger partial charge is 0.497 e. The molecule has 0 amide bonds. The Balaban J connectivity index is 1.75. The predicted molar refractivity (Wildman–Crippen MR) is 104 cm³/mol. The molecule has 140 valence electrons. The Labute approximate surface area is 155 Å². The SMILES string of the molecule is CN=C(NCCOc1ccc(OC)cc1)NCc1ccc(C)cc1OC. The van der Waals surface area contributed by atoms with Crippen molar-refractivity contribution in [2.45, 2.75) is 13.5 Å². The van der Waals surface area contributed by atoms with Gasteiger partial charge in [-0.3, -0.25) is 4.99 Å². The van der Waals surface area contributed by atoms with Crippen molar-refractivity contribution in [3.63, 3.8) is 0 Å². The van der Waals surface area contributed by atoms with E-state index in [1.54, 1.807) is 21.3 Å². The van der Waals surface area contributed by atoms with Gasteiger partial charge in [0.05, 0.1) is 20.8 Å². The third kappa shape index (κ3) is 5.88. The van der Waals surface area contributed by atoms with Crippen LogP contribution in [0.1, 0.15) is 11.1 Å². The normalized spacial score (nSPS) is 11.0. The summed E-state index contributed by atoms with van der Waals surface area (Å²) in [5.41, 5.74) is 2.25. The maximum atomic E-state index is 5.69. The summed E-state index contributed by atoms with van der Waals surface area (Å²) in [5, 5.41) is 6.51. The van der Waals surface area contributed by atoms with Crippen LogP contribution in [0, 0.1) is 6.92 Å². The Hall–Kier alpha value is -2.89. The number of hydrogen-bond donors (Lipinski definition) is 2. The van der Waals surface area contributed by atoms with E-state index in [-0.39, 0.29) is 0 Å². The summed E-state index contributed by atoms with van der Waals surface area (Å²) >= 11 is 0. The van der Waals surface area contributed by atoms with Gasteiger partial charge in [0.15, 0.2) is 5.96 Å². The number of benzene rings is 2. The number of nitrogens with zero attached hydrogens (tertiary/aromatic N) is 1. The summed E-state index contributed by atoms with van der Waals surface area (Å²) in [6, 6.07) is 13.7. The summed E-state index contributed by atoms with van der Waals surface area (Å²) < 4.78 is 16.2. The molecule has 0 spiro atoms. The first kappa shape index (κ1) is 19.4. The van der Waals surface area contributed by atoms with E-state index in [2.05, 4.69) is 27.8 Å². The van der Waals surface area contributed by atoms with E-state index in [0.717, 1.165) is 22.8 Å². The maximum absolute atomic E-state index is 5.69. The zero-order chi connectivity index (χ0) is 18.8. The smallest absolute Gasteiger partial charge is 0.191 e. The molecule has 2 N–H and O–H groups in total. The number of rotatable bonds is 8. The number of aryl methyl sites for hydroxylation is 1. The molecule has 0 unspecified atom stereocenters. The lowest BCUT2D eigenvalue weighted by molar-refractivity contribution is 0.321. The molecule has 0 aliphatic rings. The first-order valence-electron chi connectivity index (χ1n) is 8.51. The minimum absolute atomic E-state index is 0.529. The Morgan fingerprint density at radius 2 is 1.69 bits per heavy atom. The molecule has 2 aromatic carbocycles. The fraction of sp³-hybridized carbons (Fsp3) is 0.350. The number of methoxy groups -OCH3 is 2. The first-order valence-corrected chi connectivity index (χ1v) is 8.51. The molecular formula is C20H27N3O3. The third-order valence-corrected chi connectivity index (χ3v) is 3.84. The quantitative estimate of drug-likeness (QED) is 0.432. The lowest BCUT2D eigenvalue weighted by atomic mass is 10.1. The van der Waals surface area contributed by atoms with E-state index in [9.17, 15) is 0 Å². The Morgan fingerprint density at radius 1 is 0.962 bits per heavy atom. The molecule has 6 heteroatoms. The highest BCUT2D eigenvalue weighted by molar-refractivity contribution is 5.79. The van der Waals surface area contributed by atoms with Crippen molar-refractivity contribution >= 4 is 5.96 Å². The highest BCUT2D eigenvalue weighted by Crippen LogP contribution is 2.19. The van der Waals surface area contributed by atoms with Crippen LogP contribution in [0.4, 0.5) is 0 Å². The van der Waals surface area contributed by atoms with Crippen molar-refractivity contribution in [1.82, 2.24) is 10.6 Å². The molecule has 0 aliphatic carbocycles. The van der Waals surface area contributed by atoms with Crippen LogP contribution in [-0.2, 0) is 6.54 Å². The van der Waals surface area contributed by atoms with Crippen LogP contribution < -0.4 is 24.8 Å². The Morgan fingerprint density at radius 3 is 2.35 bits per heavy atom. The van der Waals surface area contributed by atoms with Crippen LogP contribution in [-0.4, -0.2) is 40.4 Å². The predicted octanol–water partition coefficient (Wildman–Crippen LogP) is 2.76. The molecule has 0 radical (unpaired) electrons. The van der Waals surface area contributed by atoms with E-state index in [4.69, 9.17) is 14.2 Å². The number of nitrogens with one attached hydrogen (secondary N) is 2. The summed E-state index contributed by atoms with van der Waals surface area (Å²) in [6.45, 7) is 3.84. The molecular weight excluding hydrogens is 330 g/mol. The highest BCUT2D eigenvalue weighted by atomic mass is 16.5. The van der Waals surface area contributed by atoms with Gasteiger partial charge in [0.25, 0.3) is 0 Å². The molecule has 0 fully saturated rings. The van der Waals surface area contributed by atoms with Crippen LogP contribution in [0.2, 0.25) is 0 Å². The number of ether oxygens (including phenoxy) is 3. The summed E-state index contributed by atoms with van der Waals surface area (Å²) in [5.74, 6) is 3.20. The molecule has 0 aromatic heterocycles. The van der Waals surface area contributed by atoms with Crippen LogP contribution in [0.15, 0.2) is 47.5 Å². The van der Waals surface area contributed by atoms with Gasteiger partial charge in [-0.05, 0) is 42.8 Å². The van der Waals surface area contributed by atoms with Gasteiger partial charge in [-0.25, -0.2) is 0 Å². The van der Waals surface area contributed by atoms with Gasteiger partial charge in [0, 0.05) is 19.2 Å². The van der Waals surface area contributed by atoms with Gasteiger partial charge < -0.3 is 24.8 Å². The van der Waals surface area contributed by atoms with Crippen molar-refractivity contribution in [3.05, 3.63) is 53.6 Å². The van der Waals surface area contributed by atoms with E-state index in [0.29, 0.717) is 25.7 Å². The maximum Gasteiger partial charge on any atom is 0.191 e. The summed E-state index contributed by atoms with van der Waals surface area (Å²) in [4.78, 5) is 4.22. The van der Waals surface area contributed by atoms with Crippen LogP contribution in [0.3, 0.4) is 0 Å². The van der Waals surface area contributed by atoms with E-state index in [1.165, 1.54) is 5.56 Å². The van der Waals surface area contributed by atoms with E-state index in [1.807, 2.05) is 37.3 Å². The van der Waals surface area contributed by atoms with Gasteiger partial charge in [-0.15, -0.1) is 0 Å². The monoisotopic (exact) mass is 357 g/mol. The second-order valence-corrected chi connectivity index (χ2v) is 5.69. The van der Waals surface area contributed by atoms with Crippen molar-refractivity contribution in [3.8, 4) is 17.2 Å². The number of guanidine groups is 1. The number of aliphatic imine (C=N–C) groups is 1. The van der Waals surface area contributed by atoms with Gasteiger partial charge in [-0.2, -0.15) is 0 Å². The molecule has 26 heavy (non-hydrogen) atoms.